The average molecular weight is 416 g/mol. The van der Waals surface area contributed by atoms with Crippen molar-refractivity contribution in [2.24, 2.45) is 5.92 Å². The van der Waals surface area contributed by atoms with Crippen LogP contribution in [0, 0.1) is 18.7 Å². The molecular weight excluding hydrogens is 389 g/mol. The van der Waals surface area contributed by atoms with Crippen LogP contribution in [-0.2, 0) is 13.0 Å². The number of hydrogen-bond acceptors (Lipinski definition) is 7. The Morgan fingerprint density at radius 3 is 2.62 bits per heavy atom. The van der Waals surface area contributed by atoms with Gasteiger partial charge in [0.15, 0.2) is 0 Å². The van der Waals surface area contributed by atoms with E-state index >= 15 is 4.39 Å². The van der Waals surface area contributed by atoms with Gasteiger partial charge in [-0.1, -0.05) is 13.8 Å². The number of halogens is 1. The van der Waals surface area contributed by atoms with Gasteiger partial charge in [0.25, 0.3) is 0 Å². The van der Waals surface area contributed by atoms with E-state index in [-0.39, 0.29) is 5.82 Å². The molecule has 1 aliphatic heterocycles. The van der Waals surface area contributed by atoms with Crippen LogP contribution in [0.3, 0.4) is 0 Å². The zero-order valence-corrected chi connectivity index (χ0v) is 17.8. The number of tetrazole rings is 1. The molecule has 1 N–H and O–H groups in total. The number of nitrogens with zero attached hydrogens (tertiary/aromatic N) is 6. The molecule has 0 spiro atoms. The number of benzene rings is 1. The van der Waals surface area contributed by atoms with Gasteiger partial charge in [0.05, 0.1) is 17.8 Å². The van der Waals surface area contributed by atoms with Crippen molar-refractivity contribution in [3.05, 3.63) is 39.6 Å². The maximum Gasteiger partial charge on any atom is 0.209 e. The number of aromatic nitrogens is 5. The van der Waals surface area contributed by atoms with E-state index in [1.54, 1.807) is 17.4 Å². The fraction of sp³-hybridized carbons (Fsp3) is 0.500. The monoisotopic (exact) mass is 415 g/mol. The lowest BCUT2D eigenvalue weighted by molar-refractivity contribution is 0.249. The molecular formula is C20H26FN7S. The number of piperazine rings is 1. The number of hydrogen-bond donors (Lipinski definition) is 1. The largest absolute Gasteiger partial charge is 0.368 e. The Bertz CT molecular complexity index is 946. The highest BCUT2D eigenvalue weighted by Crippen LogP contribution is 2.34. The van der Waals surface area contributed by atoms with E-state index in [1.165, 1.54) is 4.88 Å². The predicted molar refractivity (Wildman–Crippen MR) is 112 cm³/mol. The standard InChI is InChI=1S/C20H26FN7S/c1-13(2)8-15-9-16(21)19(20-23-25-26-24-20)17(10-15)28-6-4-27(5-7-28)12-18-22-11-14(3)29-18/h9-11,13H,4-8,12H2,1-3H3,(H,23,24,25,26). The molecule has 0 bridgehead atoms. The van der Waals surface area contributed by atoms with Gasteiger partial charge in [-0.2, -0.15) is 5.21 Å². The van der Waals surface area contributed by atoms with Crippen LogP contribution in [-0.4, -0.2) is 56.7 Å². The maximum atomic E-state index is 15.1. The molecule has 7 nitrogen and oxygen atoms in total. The summed E-state index contributed by atoms with van der Waals surface area (Å²) in [5.74, 6) is 0.464. The molecule has 0 amide bonds. The first-order valence-electron chi connectivity index (χ1n) is 9.94. The van der Waals surface area contributed by atoms with Gasteiger partial charge in [0.2, 0.25) is 5.82 Å². The summed E-state index contributed by atoms with van der Waals surface area (Å²) in [6, 6.07) is 3.70. The van der Waals surface area contributed by atoms with Gasteiger partial charge in [-0.25, -0.2) is 9.37 Å². The molecule has 0 saturated carbocycles. The van der Waals surface area contributed by atoms with Crippen LogP contribution in [0.25, 0.3) is 11.4 Å². The molecule has 0 atom stereocenters. The van der Waals surface area contributed by atoms with Gasteiger partial charge < -0.3 is 4.90 Å². The van der Waals surface area contributed by atoms with E-state index in [0.717, 1.165) is 55.4 Å². The first kappa shape index (κ1) is 19.9. The number of rotatable bonds is 6. The minimum atomic E-state index is -0.291. The van der Waals surface area contributed by atoms with Gasteiger partial charge >= 0.3 is 0 Å². The van der Waals surface area contributed by atoms with Crippen LogP contribution in [0.4, 0.5) is 10.1 Å². The van der Waals surface area contributed by atoms with Crippen molar-refractivity contribution in [1.29, 1.82) is 0 Å². The molecule has 1 aromatic carbocycles. The minimum Gasteiger partial charge on any atom is -0.368 e. The molecule has 0 aliphatic carbocycles. The van der Waals surface area contributed by atoms with E-state index < -0.39 is 0 Å². The molecule has 1 aliphatic rings. The predicted octanol–water partition coefficient (Wildman–Crippen LogP) is 3.29. The number of nitrogens with one attached hydrogen (secondary N) is 1. The summed E-state index contributed by atoms with van der Waals surface area (Å²) in [6.07, 6.45) is 2.76. The fourth-order valence-corrected chi connectivity index (χ4v) is 4.62. The van der Waals surface area contributed by atoms with Gasteiger partial charge in [0, 0.05) is 37.3 Å². The molecule has 4 rings (SSSR count). The van der Waals surface area contributed by atoms with Gasteiger partial charge in [-0.15, -0.1) is 21.5 Å². The summed E-state index contributed by atoms with van der Waals surface area (Å²) in [5, 5.41) is 15.3. The Balaban J connectivity index is 1.56. The van der Waals surface area contributed by atoms with Crippen LogP contribution >= 0.6 is 11.3 Å². The Labute approximate surface area is 174 Å². The molecule has 3 heterocycles. The van der Waals surface area contributed by atoms with E-state index in [9.17, 15) is 0 Å². The van der Waals surface area contributed by atoms with Crippen LogP contribution in [0.15, 0.2) is 18.3 Å². The number of aryl methyl sites for hydroxylation is 1. The molecule has 154 valence electrons. The Morgan fingerprint density at radius 1 is 1.21 bits per heavy atom. The third kappa shape index (κ3) is 4.62. The highest BCUT2D eigenvalue weighted by Gasteiger charge is 2.25. The highest BCUT2D eigenvalue weighted by atomic mass is 32.1. The third-order valence-corrected chi connectivity index (χ3v) is 5.98. The van der Waals surface area contributed by atoms with Crippen molar-refractivity contribution in [2.75, 3.05) is 31.1 Å². The van der Waals surface area contributed by atoms with Crippen molar-refractivity contribution in [1.82, 2.24) is 30.5 Å². The maximum absolute atomic E-state index is 15.1. The summed E-state index contributed by atoms with van der Waals surface area (Å²) < 4.78 is 15.1. The number of H-pyrrole nitrogens is 1. The highest BCUT2D eigenvalue weighted by molar-refractivity contribution is 7.11. The summed E-state index contributed by atoms with van der Waals surface area (Å²) in [5.41, 5.74) is 2.28. The molecule has 9 heteroatoms. The zero-order chi connectivity index (χ0) is 20.4. The smallest absolute Gasteiger partial charge is 0.209 e. The van der Waals surface area contributed by atoms with Gasteiger partial charge in [0.1, 0.15) is 10.8 Å². The second-order valence-electron chi connectivity index (χ2n) is 7.93. The van der Waals surface area contributed by atoms with Crippen LogP contribution in [0.2, 0.25) is 0 Å². The zero-order valence-electron chi connectivity index (χ0n) is 17.0. The number of aromatic amines is 1. The number of thiazole rings is 1. The fourth-order valence-electron chi connectivity index (χ4n) is 3.79. The van der Waals surface area contributed by atoms with Crippen molar-refractivity contribution >= 4 is 17.0 Å². The molecule has 0 unspecified atom stereocenters. The Kier molecular flexibility index (Phi) is 5.86. The second kappa shape index (κ2) is 8.54. The first-order valence-corrected chi connectivity index (χ1v) is 10.8. The molecule has 1 fully saturated rings. The van der Waals surface area contributed by atoms with E-state index in [4.69, 9.17) is 0 Å². The average Bonchev–Trinajstić information content (AvgIpc) is 3.33. The lowest BCUT2D eigenvalue weighted by Gasteiger charge is -2.36. The Morgan fingerprint density at radius 2 is 2.00 bits per heavy atom. The van der Waals surface area contributed by atoms with Crippen molar-refractivity contribution in [2.45, 2.75) is 33.7 Å². The number of anilines is 1. The van der Waals surface area contributed by atoms with Crippen molar-refractivity contribution < 1.29 is 4.39 Å². The summed E-state index contributed by atoms with van der Waals surface area (Å²) in [4.78, 5) is 10.3. The van der Waals surface area contributed by atoms with E-state index in [1.807, 2.05) is 6.20 Å². The van der Waals surface area contributed by atoms with Crippen molar-refractivity contribution in [3.8, 4) is 11.4 Å². The molecule has 2 aromatic heterocycles. The normalized spacial score (nSPS) is 15.4. The van der Waals surface area contributed by atoms with Gasteiger partial charge in [-0.3, -0.25) is 4.90 Å². The van der Waals surface area contributed by atoms with E-state index in [0.29, 0.717) is 17.3 Å². The topological polar surface area (TPSA) is 73.8 Å². The van der Waals surface area contributed by atoms with Crippen LogP contribution in [0.1, 0.15) is 29.3 Å². The Hall–Kier alpha value is -2.39. The van der Waals surface area contributed by atoms with Gasteiger partial charge in [-0.05, 0) is 42.2 Å². The quantitative estimate of drug-likeness (QED) is 0.666. The summed E-state index contributed by atoms with van der Waals surface area (Å²) in [7, 11) is 0. The second-order valence-corrected chi connectivity index (χ2v) is 9.25. The van der Waals surface area contributed by atoms with Crippen molar-refractivity contribution in [3.63, 3.8) is 0 Å². The third-order valence-electron chi connectivity index (χ3n) is 5.08. The van der Waals surface area contributed by atoms with Crippen LogP contribution < -0.4 is 4.90 Å². The molecule has 29 heavy (non-hydrogen) atoms. The minimum absolute atomic E-state index is 0.291. The molecule has 0 radical (unpaired) electrons. The molecule has 1 saturated heterocycles. The lowest BCUT2D eigenvalue weighted by atomic mass is 9.98. The lowest BCUT2D eigenvalue weighted by Crippen LogP contribution is -2.46. The molecule has 3 aromatic rings. The summed E-state index contributed by atoms with van der Waals surface area (Å²) >= 11 is 1.75. The van der Waals surface area contributed by atoms with E-state index in [2.05, 4.69) is 62.2 Å². The van der Waals surface area contributed by atoms with Crippen LogP contribution in [0.5, 0.6) is 0 Å². The summed E-state index contributed by atoms with van der Waals surface area (Å²) in [6.45, 7) is 10.7. The SMILES string of the molecule is Cc1cnc(CN2CCN(c3cc(CC(C)C)cc(F)c3-c3nn[nH]n3)CC2)s1. The first-order chi connectivity index (χ1) is 14.0.